The molecule has 0 aliphatic rings. The molecule has 5 nitrogen and oxygen atoms in total. The molecule has 0 heterocycles. The van der Waals surface area contributed by atoms with E-state index in [4.69, 9.17) is 15.3 Å². The summed E-state index contributed by atoms with van der Waals surface area (Å²) in [7, 11) is 0. The zero-order valence-electron chi connectivity index (χ0n) is 16.9. The SMILES string of the molecule is CCCCCCCCCCCCCCCCCOC(=O)O.OCCO.[Ti]. The van der Waals surface area contributed by atoms with Gasteiger partial charge in [0.2, 0.25) is 0 Å². The average molecular weight is 410 g/mol. The third-order valence-corrected chi connectivity index (χ3v) is 4.07. The third kappa shape index (κ3) is 35.1. The van der Waals surface area contributed by atoms with Crippen molar-refractivity contribution < 1.29 is 46.6 Å². The molecule has 0 bridgehead atoms. The van der Waals surface area contributed by atoms with Crippen LogP contribution in [0.25, 0.3) is 0 Å². The minimum absolute atomic E-state index is 0. The van der Waals surface area contributed by atoms with E-state index in [9.17, 15) is 4.79 Å². The van der Waals surface area contributed by atoms with Crippen molar-refractivity contribution in [2.24, 2.45) is 0 Å². The van der Waals surface area contributed by atoms with Crippen molar-refractivity contribution in [3.63, 3.8) is 0 Å². The van der Waals surface area contributed by atoms with E-state index in [1.165, 1.54) is 83.5 Å². The second kappa shape index (κ2) is 29.7. The molecule has 0 aliphatic carbocycles. The van der Waals surface area contributed by atoms with E-state index >= 15 is 0 Å². The van der Waals surface area contributed by atoms with Crippen molar-refractivity contribution in [1.82, 2.24) is 0 Å². The maximum absolute atomic E-state index is 10.1. The van der Waals surface area contributed by atoms with E-state index in [1.807, 2.05) is 0 Å². The van der Waals surface area contributed by atoms with Gasteiger partial charge in [-0.2, -0.15) is 0 Å². The summed E-state index contributed by atoms with van der Waals surface area (Å²) in [5, 5.41) is 23.6. The van der Waals surface area contributed by atoms with E-state index in [0.29, 0.717) is 6.61 Å². The van der Waals surface area contributed by atoms with Crippen LogP contribution in [0.1, 0.15) is 103 Å². The van der Waals surface area contributed by atoms with E-state index < -0.39 is 6.16 Å². The fraction of sp³-hybridized carbons (Fsp3) is 0.950. The minimum atomic E-state index is -1.15. The summed E-state index contributed by atoms with van der Waals surface area (Å²) in [5.41, 5.74) is 0. The number of hydrogen-bond acceptors (Lipinski definition) is 4. The quantitative estimate of drug-likeness (QED) is 0.167. The predicted molar refractivity (Wildman–Crippen MR) is 103 cm³/mol. The maximum Gasteiger partial charge on any atom is 0.505 e. The van der Waals surface area contributed by atoms with Crippen LogP contribution in [0.4, 0.5) is 4.79 Å². The first-order chi connectivity index (χ1) is 12.2. The van der Waals surface area contributed by atoms with Crippen LogP contribution >= 0.6 is 0 Å². The van der Waals surface area contributed by atoms with Crippen molar-refractivity contribution in [2.45, 2.75) is 103 Å². The first-order valence-corrected chi connectivity index (χ1v) is 10.3. The number of hydrogen-bond donors (Lipinski definition) is 3. The van der Waals surface area contributed by atoms with Crippen molar-refractivity contribution >= 4 is 6.16 Å². The van der Waals surface area contributed by atoms with Gasteiger partial charge in [0.1, 0.15) is 0 Å². The Morgan fingerprint density at radius 1 is 0.654 bits per heavy atom. The topological polar surface area (TPSA) is 87.0 Å². The fourth-order valence-electron chi connectivity index (χ4n) is 2.63. The molecule has 0 atom stereocenters. The molecule has 0 aliphatic heterocycles. The first kappa shape index (κ1) is 30.6. The van der Waals surface area contributed by atoms with Gasteiger partial charge < -0.3 is 20.1 Å². The summed E-state index contributed by atoms with van der Waals surface area (Å²) in [4.78, 5) is 10.1. The van der Waals surface area contributed by atoms with Gasteiger partial charge in [0.25, 0.3) is 0 Å². The standard InChI is InChI=1S/C18H36O3.C2H6O2.Ti/c1-2-3-4-5-6-7-8-9-10-11-12-13-14-15-16-17-21-18(19)20;3-1-2-4;/h2-17H2,1H3,(H,19,20);3-4H,1-2H2;. The Kier molecular flexibility index (Phi) is 34.9. The van der Waals surface area contributed by atoms with Crippen LogP contribution in [-0.2, 0) is 26.5 Å². The molecule has 0 aromatic carbocycles. The maximum atomic E-state index is 10.1. The van der Waals surface area contributed by atoms with Crippen LogP contribution < -0.4 is 0 Å². The van der Waals surface area contributed by atoms with E-state index in [-0.39, 0.29) is 34.9 Å². The smallest absolute Gasteiger partial charge is 0.450 e. The second-order valence-electron chi connectivity index (χ2n) is 6.51. The number of aliphatic hydroxyl groups is 2. The monoisotopic (exact) mass is 410 g/mol. The van der Waals surface area contributed by atoms with Crippen molar-refractivity contribution in [3.05, 3.63) is 0 Å². The zero-order valence-corrected chi connectivity index (χ0v) is 18.4. The molecule has 6 heteroatoms. The molecular weight excluding hydrogens is 368 g/mol. The molecular formula is C20H42O5Ti. The largest absolute Gasteiger partial charge is 0.505 e. The molecule has 0 saturated heterocycles. The normalized spacial score (nSPS) is 9.81. The molecule has 0 saturated carbocycles. The zero-order chi connectivity index (χ0) is 19.0. The molecule has 3 N–H and O–H groups in total. The summed E-state index contributed by atoms with van der Waals surface area (Å²) in [6.07, 6.45) is 18.6. The van der Waals surface area contributed by atoms with Crippen molar-refractivity contribution in [2.75, 3.05) is 19.8 Å². The minimum Gasteiger partial charge on any atom is -0.450 e. The van der Waals surface area contributed by atoms with Gasteiger partial charge in [-0.25, -0.2) is 4.79 Å². The number of unbranched alkanes of at least 4 members (excludes halogenated alkanes) is 14. The summed E-state index contributed by atoms with van der Waals surface area (Å²) in [5.74, 6) is 0. The van der Waals surface area contributed by atoms with E-state index in [1.54, 1.807) is 0 Å². The molecule has 0 radical (unpaired) electrons. The van der Waals surface area contributed by atoms with Gasteiger partial charge in [-0.3, -0.25) is 0 Å². The summed E-state index contributed by atoms with van der Waals surface area (Å²) in [6.45, 7) is 2.37. The van der Waals surface area contributed by atoms with Crippen LogP contribution in [0, 0.1) is 0 Å². The Bertz CT molecular complexity index is 250. The summed E-state index contributed by atoms with van der Waals surface area (Å²) >= 11 is 0. The van der Waals surface area contributed by atoms with Gasteiger partial charge in [-0.05, 0) is 6.42 Å². The molecule has 0 amide bonds. The van der Waals surface area contributed by atoms with Crippen LogP contribution in [0.5, 0.6) is 0 Å². The molecule has 156 valence electrons. The number of carbonyl (C=O) groups is 1. The van der Waals surface area contributed by atoms with Gasteiger partial charge in [0, 0.05) is 21.7 Å². The van der Waals surface area contributed by atoms with Gasteiger partial charge in [0.15, 0.2) is 0 Å². The molecule has 0 unspecified atom stereocenters. The van der Waals surface area contributed by atoms with Crippen molar-refractivity contribution in [1.29, 1.82) is 0 Å². The molecule has 0 fully saturated rings. The van der Waals surface area contributed by atoms with Gasteiger partial charge in [0.05, 0.1) is 19.8 Å². The second-order valence-corrected chi connectivity index (χ2v) is 6.51. The molecule has 0 aromatic rings. The fourth-order valence-corrected chi connectivity index (χ4v) is 2.63. The third-order valence-electron chi connectivity index (χ3n) is 4.07. The summed E-state index contributed by atoms with van der Waals surface area (Å²) < 4.78 is 4.47. The Morgan fingerprint density at radius 2 is 0.962 bits per heavy atom. The molecule has 0 aromatic heterocycles. The average Bonchev–Trinajstić information content (AvgIpc) is 2.61. The van der Waals surface area contributed by atoms with Crippen LogP contribution in [-0.4, -0.2) is 41.3 Å². The van der Waals surface area contributed by atoms with Gasteiger partial charge >= 0.3 is 6.16 Å². The Hall–Kier alpha value is -0.0957. The van der Waals surface area contributed by atoms with Gasteiger partial charge in [-0.15, -0.1) is 0 Å². The van der Waals surface area contributed by atoms with E-state index in [2.05, 4.69) is 11.7 Å². The molecule has 26 heavy (non-hydrogen) atoms. The van der Waals surface area contributed by atoms with Gasteiger partial charge in [-0.1, -0.05) is 96.8 Å². The van der Waals surface area contributed by atoms with Crippen LogP contribution in [0.3, 0.4) is 0 Å². The first-order valence-electron chi connectivity index (χ1n) is 10.3. The van der Waals surface area contributed by atoms with E-state index in [0.717, 1.165) is 12.8 Å². The molecule has 0 rings (SSSR count). The van der Waals surface area contributed by atoms with Crippen molar-refractivity contribution in [3.8, 4) is 0 Å². The number of carboxylic acid groups (broad SMARTS) is 1. The number of ether oxygens (including phenoxy) is 1. The van der Waals surface area contributed by atoms with Crippen LogP contribution in [0.2, 0.25) is 0 Å². The Balaban J connectivity index is -0.000000951. The Labute approximate surface area is 175 Å². The Morgan fingerprint density at radius 3 is 1.23 bits per heavy atom. The number of rotatable bonds is 17. The van der Waals surface area contributed by atoms with Crippen LogP contribution in [0.15, 0.2) is 0 Å². The number of aliphatic hydroxyl groups excluding tert-OH is 2. The molecule has 0 spiro atoms. The summed E-state index contributed by atoms with van der Waals surface area (Å²) in [6, 6.07) is 0. The predicted octanol–water partition coefficient (Wildman–Crippen LogP) is 5.52.